The highest BCUT2D eigenvalue weighted by Crippen LogP contribution is 2.45. The number of carbonyl (C=O) groups excluding carboxylic acids is 1. The van der Waals surface area contributed by atoms with Gasteiger partial charge >= 0.3 is 5.97 Å². The van der Waals surface area contributed by atoms with Gasteiger partial charge in [0.1, 0.15) is 5.75 Å². The Kier molecular flexibility index (Phi) is 4.70. The van der Waals surface area contributed by atoms with Crippen LogP contribution in [0.5, 0.6) is 17.2 Å². The number of aromatic nitrogens is 1. The fourth-order valence-corrected chi connectivity index (χ4v) is 4.19. The van der Waals surface area contributed by atoms with Gasteiger partial charge in [-0.05, 0) is 48.7 Å². The average Bonchev–Trinajstić information content (AvgIpc) is 3.04. The lowest BCUT2D eigenvalue weighted by atomic mass is 9.93. The Hall–Kier alpha value is -3.41. The molecule has 150 valence electrons. The summed E-state index contributed by atoms with van der Waals surface area (Å²) in [6.45, 7) is 2.72. The molecule has 0 amide bonds. The van der Waals surface area contributed by atoms with Crippen molar-refractivity contribution < 1.29 is 24.1 Å². The van der Waals surface area contributed by atoms with Crippen LogP contribution in [0.15, 0.2) is 36.4 Å². The Labute approximate surface area is 169 Å². The van der Waals surface area contributed by atoms with Crippen molar-refractivity contribution >= 4 is 5.97 Å². The monoisotopic (exact) mass is 393 g/mol. The topological polar surface area (TPSA) is 69.9 Å². The fraction of sp³-hybridized carbons (Fsp3) is 0.261. The molecule has 0 bridgehead atoms. The van der Waals surface area contributed by atoms with E-state index < -0.39 is 5.97 Å². The molecule has 1 aliphatic rings. The van der Waals surface area contributed by atoms with E-state index in [9.17, 15) is 9.90 Å². The Morgan fingerprint density at radius 2 is 1.79 bits per heavy atom. The van der Waals surface area contributed by atoms with Crippen LogP contribution in [0.4, 0.5) is 0 Å². The third-order valence-corrected chi connectivity index (χ3v) is 5.52. The first-order valence-electron chi connectivity index (χ1n) is 9.36. The van der Waals surface area contributed by atoms with Crippen molar-refractivity contribution in [1.29, 1.82) is 0 Å². The van der Waals surface area contributed by atoms with E-state index >= 15 is 0 Å². The van der Waals surface area contributed by atoms with E-state index in [1.165, 1.54) is 7.11 Å². The molecule has 2 aromatic carbocycles. The van der Waals surface area contributed by atoms with Crippen LogP contribution in [0, 0.1) is 6.92 Å². The van der Waals surface area contributed by atoms with Crippen LogP contribution in [0.2, 0.25) is 0 Å². The lowest BCUT2D eigenvalue weighted by Crippen LogP contribution is -2.14. The van der Waals surface area contributed by atoms with Crippen LogP contribution in [-0.2, 0) is 17.7 Å². The second-order valence-electron chi connectivity index (χ2n) is 6.99. The molecule has 0 spiro atoms. The molecule has 3 aromatic rings. The van der Waals surface area contributed by atoms with E-state index in [1.54, 1.807) is 32.4 Å². The molecule has 1 aliphatic heterocycles. The van der Waals surface area contributed by atoms with Crippen molar-refractivity contribution in [2.45, 2.75) is 19.9 Å². The second kappa shape index (κ2) is 7.20. The molecule has 0 atom stereocenters. The Morgan fingerprint density at radius 3 is 2.45 bits per heavy atom. The molecule has 29 heavy (non-hydrogen) atoms. The molecule has 0 fully saturated rings. The van der Waals surface area contributed by atoms with Crippen LogP contribution in [0.3, 0.4) is 0 Å². The zero-order valence-corrected chi connectivity index (χ0v) is 16.9. The SMILES string of the molecule is COC(=O)c1c(-c2cccc(O)c2)c(C)n2c1-c1cc(OC)c(OC)cc1CC2. The molecule has 0 saturated carbocycles. The number of phenolic OH excluding ortho intramolecular Hbond substituents is 1. The van der Waals surface area contributed by atoms with Gasteiger partial charge in [-0.15, -0.1) is 0 Å². The third-order valence-electron chi connectivity index (χ3n) is 5.52. The molecule has 2 heterocycles. The Bertz CT molecular complexity index is 1110. The first-order chi connectivity index (χ1) is 14.0. The van der Waals surface area contributed by atoms with Gasteiger partial charge in [0, 0.05) is 23.4 Å². The summed E-state index contributed by atoms with van der Waals surface area (Å²) in [5, 5.41) is 9.99. The zero-order valence-electron chi connectivity index (χ0n) is 16.9. The van der Waals surface area contributed by atoms with E-state index in [4.69, 9.17) is 14.2 Å². The van der Waals surface area contributed by atoms with Crippen LogP contribution in [0.1, 0.15) is 21.6 Å². The largest absolute Gasteiger partial charge is 0.508 e. The number of phenols is 1. The Balaban J connectivity index is 2.06. The third kappa shape index (κ3) is 2.92. The highest BCUT2D eigenvalue weighted by Gasteiger charge is 2.32. The normalized spacial score (nSPS) is 12.1. The van der Waals surface area contributed by atoms with Crippen molar-refractivity contribution in [2.24, 2.45) is 0 Å². The summed E-state index contributed by atoms with van der Waals surface area (Å²) in [5.74, 6) is 1.00. The van der Waals surface area contributed by atoms with Crippen molar-refractivity contribution in [1.82, 2.24) is 4.57 Å². The summed E-state index contributed by atoms with van der Waals surface area (Å²) >= 11 is 0. The molecule has 0 radical (unpaired) electrons. The summed E-state index contributed by atoms with van der Waals surface area (Å²) in [7, 11) is 4.59. The molecular weight excluding hydrogens is 370 g/mol. The van der Waals surface area contributed by atoms with E-state index in [1.807, 2.05) is 25.1 Å². The number of esters is 1. The number of carbonyl (C=O) groups is 1. The van der Waals surface area contributed by atoms with Crippen molar-refractivity contribution in [3.8, 4) is 39.6 Å². The molecule has 6 nitrogen and oxygen atoms in total. The van der Waals surface area contributed by atoms with Gasteiger partial charge in [-0.2, -0.15) is 0 Å². The maximum absolute atomic E-state index is 12.9. The van der Waals surface area contributed by atoms with Crippen molar-refractivity contribution in [3.05, 3.63) is 53.2 Å². The van der Waals surface area contributed by atoms with Gasteiger partial charge in [-0.25, -0.2) is 4.79 Å². The minimum atomic E-state index is -0.414. The number of hydrogen-bond acceptors (Lipinski definition) is 5. The minimum absolute atomic E-state index is 0.147. The molecule has 0 aliphatic carbocycles. The number of fused-ring (bicyclic) bond motifs is 3. The van der Waals surface area contributed by atoms with E-state index in [0.717, 1.165) is 46.6 Å². The lowest BCUT2D eigenvalue weighted by molar-refractivity contribution is 0.0602. The lowest BCUT2D eigenvalue weighted by Gasteiger charge is -2.23. The van der Waals surface area contributed by atoms with Crippen LogP contribution >= 0.6 is 0 Å². The number of benzene rings is 2. The van der Waals surface area contributed by atoms with Gasteiger partial charge in [0.2, 0.25) is 0 Å². The Morgan fingerprint density at radius 1 is 1.07 bits per heavy atom. The molecular formula is C23H23NO5. The summed E-state index contributed by atoms with van der Waals surface area (Å²) in [6, 6.07) is 10.8. The second-order valence-corrected chi connectivity index (χ2v) is 6.99. The molecule has 6 heteroatoms. The number of methoxy groups -OCH3 is 3. The van der Waals surface area contributed by atoms with Gasteiger partial charge < -0.3 is 23.9 Å². The standard InChI is InChI=1S/C23H23NO5/c1-13-20(15-6-5-7-16(25)10-15)21(23(26)29-4)22-17-12-19(28-3)18(27-2)11-14(17)8-9-24(13)22/h5-7,10-12,25H,8-9H2,1-4H3. The van der Waals surface area contributed by atoms with E-state index in [-0.39, 0.29) is 5.75 Å². The molecule has 1 N–H and O–H groups in total. The number of aromatic hydroxyl groups is 1. The summed E-state index contributed by atoms with van der Waals surface area (Å²) in [6.07, 6.45) is 0.804. The zero-order chi connectivity index (χ0) is 20.7. The molecule has 1 aromatic heterocycles. The first-order valence-corrected chi connectivity index (χ1v) is 9.36. The average molecular weight is 393 g/mol. The first kappa shape index (κ1) is 18.9. The van der Waals surface area contributed by atoms with Gasteiger partial charge in [0.15, 0.2) is 11.5 Å². The van der Waals surface area contributed by atoms with Crippen molar-refractivity contribution in [2.75, 3.05) is 21.3 Å². The van der Waals surface area contributed by atoms with Gasteiger partial charge in [-0.1, -0.05) is 12.1 Å². The summed E-state index contributed by atoms with van der Waals surface area (Å²) in [5.41, 5.74) is 5.78. The quantitative estimate of drug-likeness (QED) is 0.673. The summed E-state index contributed by atoms with van der Waals surface area (Å²) < 4.78 is 18.2. The van der Waals surface area contributed by atoms with Crippen molar-refractivity contribution in [3.63, 3.8) is 0 Å². The highest BCUT2D eigenvalue weighted by atomic mass is 16.5. The maximum atomic E-state index is 12.9. The molecule has 4 rings (SSSR count). The number of nitrogens with zero attached hydrogens (tertiary/aromatic N) is 1. The number of rotatable bonds is 4. The fourth-order valence-electron chi connectivity index (χ4n) is 4.19. The van der Waals surface area contributed by atoms with E-state index in [0.29, 0.717) is 17.1 Å². The van der Waals surface area contributed by atoms with Crippen LogP contribution < -0.4 is 9.47 Å². The van der Waals surface area contributed by atoms with Gasteiger partial charge in [0.05, 0.1) is 32.6 Å². The molecule has 0 saturated heterocycles. The summed E-state index contributed by atoms with van der Waals surface area (Å²) in [4.78, 5) is 12.9. The van der Waals surface area contributed by atoms with Crippen LogP contribution in [-0.4, -0.2) is 37.0 Å². The minimum Gasteiger partial charge on any atom is -0.508 e. The van der Waals surface area contributed by atoms with E-state index in [2.05, 4.69) is 4.57 Å². The predicted octanol–water partition coefficient (Wildman–Crippen LogP) is 4.20. The number of ether oxygens (including phenoxy) is 3. The number of hydrogen-bond donors (Lipinski definition) is 1. The van der Waals surface area contributed by atoms with Gasteiger partial charge in [0.25, 0.3) is 0 Å². The van der Waals surface area contributed by atoms with Crippen LogP contribution in [0.25, 0.3) is 22.4 Å². The smallest absolute Gasteiger partial charge is 0.340 e. The predicted molar refractivity (Wildman–Crippen MR) is 110 cm³/mol. The highest BCUT2D eigenvalue weighted by molar-refractivity contribution is 6.05. The maximum Gasteiger partial charge on any atom is 0.340 e. The van der Waals surface area contributed by atoms with Gasteiger partial charge in [-0.3, -0.25) is 0 Å². The molecule has 0 unspecified atom stereocenters. The number of aryl methyl sites for hydroxylation is 1.